The number of nitrogens with zero attached hydrogens (tertiary/aromatic N) is 1. The third kappa shape index (κ3) is 3.47. The van der Waals surface area contributed by atoms with Gasteiger partial charge in [0.1, 0.15) is 0 Å². The van der Waals surface area contributed by atoms with Crippen LogP contribution in [0.25, 0.3) is 0 Å². The molecule has 1 aliphatic heterocycles. The van der Waals surface area contributed by atoms with Crippen LogP contribution in [0.2, 0.25) is 0 Å². The standard InChI is InChI=1S/C22H24N2O3/c25-20(23-19-6-2-1-3-7-19)17-10-8-16(9-11-17)13-24-14-18-5-4-12-22(18,15-24)21(26)27/h1-3,6-11,18H,4-5,12-15H2,(H,23,25)(H,26,27)/t18-,22+/m0/s1. The van der Waals surface area contributed by atoms with Crippen LogP contribution in [-0.2, 0) is 11.3 Å². The fourth-order valence-electron chi connectivity index (χ4n) is 4.61. The monoisotopic (exact) mass is 364 g/mol. The number of hydrogen-bond donors (Lipinski definition) is 2. The molecule has 2 fully saturated rings. The summed E-state index contributed by atoms with van der Waals surface area (Å²) in [5.41, 5.74) is 1.94. The van der Waals surface area contributed by atoms with Gasteiger partial charge in [0, 0.05) is 30.9 Å². The quantitative estimate of drug-likeness (QED) is 0.850. The molecule has 0 unspecified atom stereocenters. The number of likely N-dealkylation sites (tertiary alicyclic amines) is 1. The van der Waals surface area contributed by atoms with Crippen molar-refractivity contribution in [2.24, 2.45) is 11.3 Å². The fraction of sp³-hybridized carbons (Fsp3) is 0.364. The molecule has 5 nitrogen and oxygen atoms in total. The van der Waals surface area contributed by atoms with Crippen molar-refractivity contribution in [2.75, 3.05) is 18.4 Å². The highest BCUT2D eigenvalue weighted by molar-refractivity contribution is 6.04. The molecule has 1 aliphatic carbocycles. The molecule has 2 aromatic rings. The molecule has 2 aromatic carbocycles. The minimum absolute atomic E-state index is 0.131. The first-order valence-corrected chi connectivity index (χ1v) is 9.48. The molecule has 4 rings (SSSR count). The van der Waals surface area contributed by atoms with Gasteiger partial charge in [-0.3, -0.25) is 14.5 Å². The molecule has 1 amide bonds. The van der Waals surface area contributed by atoms with Gasteiger partial charge in [0.25, 0.3) is 5.91 Å². The number of carboxylic acids is 1. The SMILES string of the molecule is O=C(Nc1ccccc1)c1ccc(CN2C[C@@H]3CCC[C@@]3(C(=O)O)C2)cc1. The van der Waals surface area contributed by atoms with E-state index < -0.39 is 11.4 Å². The molecule has 0 aromatic heterocycles. The molecule has 2 atom stereocenters. The van der Waals surface area contributed by atoms with Crippen LogP contribution in [0.5, 0.6) is 0 Å². The largest absolute Gasteiger partial charge is 0.481 e. The van der Waals surface area contributed by atoms with E-state index in [9.17, 15) is 14.7 Å². The van der Waals surface area contributed by atoms with Gasteiger partial charge >= 0.3 is 5.97 Å². The van der Waals surface area contributed by atoms with Gasteiger partial charge in [-0.05, 0) is 48.6 Å². The second kappa shape index (κ2) is 7.16. The van der Waals surface area contributed by atoms with E-state index in [1.165, 1.54) is 0 Å². The number of aliphatic carboxylic acids is 1. The molecule has 0 radical (unpaired) electrons. The van der Waals surface area contributed by atoms with Crippen LogP contribution >= 0.6 is 0 Å². The summed E-state index contributed by atoms with van der Waals surface area (Å²) in [6.07, 6.45) is 2.83. The van der Waals surface area contributed by atoms with Gasteiger partial charge in [-0.15, -0.1) is 0 Å². The lowest BCUT2D eigenvalue weighted by molar-refractivity contribution is -0.149. The number of carbonyl (C=O) groups is 2. The van der Waals surface area contributed by atoms with Crippen molar-refractivity contribution in [2.45, 2.75) is 25.8 Å². The summed E-state index contributed by atoms with van der Waals surface area (Å²) in [6, 6.07) is 17.0. The number of carbonyl (C=O) groups excluding carboxylic acids is 1. The number of rotatable bonds is 5. The van der Waals surface area contributed by atoms with Gasteiger partial charge in [-0.25, -0.2) is 0 Å². The second-order valence-electron chi connectivity index (χ2n) is 7.74. The average molecular weight is 364 g/mol. The third-order valence-corrected chi connectivity index (χ3v) is 6.02. The Hall–Kier alpha value is -2.66. The molecular formula is C22H24N2O3. The Morgan fingerprint density at radius 1 is 1.11 bits per heavy atom. The second-order valence-corrected chi connectivity index (χ2v) is 7.74. The zero-order valence-corrected chi connectivity index (χ0v) is 15.2. The predicted octanol–water partition coefficient (Wildman–Crippen LogP) is 3.63. The van der Waals surface area contributed by atoms with Gasteiger partial charge in [0.15, 0.2) is 0 Å². The number of amides is 1. The Morgan fingerprint density at radius 2 is 1.85 bits per heavy atom. The molecule has 1 saturated carbocycles. The molecule has 2 N–H and O–H groups in total. The van der Waals surface area contributed by atoms with E-state index in [1.807, 2.05) is 54.6 Å². The summed E-state index contributed by atoms with van der Waals surface area (Å²) in [6.45, 7) is 2.21. The summed E-state index contributed by atoms with van der Waals surface area (Å²) in [7, 11) is 0. The first-order valence-electron chi connectivity index (χ1n) is 9.48. The highest BCUT2D eigenvalue weighted by Crippen LogP contribution is 2.49. The van der Waals surface area contributed by atoms with Crippen LogP contribution < -0.4 is 5.32 Å². The van der Waals surface area contributed by atoms with E-state index in [1.54, 1.807) is 0 Å². The Morgan fingerprint density at radius 3 is 2.52 bits per heavy atom. The predicted molar refractivity (Wildman–Crippen MR) is 104 cm³/mol. The molecule has 27 heavy (non-hydrogen) atoms. The number of fused-ring (bicyclic) bond motifs is 1. The average Bonchev–Trinajstić information content (AvgIpc) is 3.21. The molecule has 2 aliphatic rings. The minimum atomic E-state index is -0.638. The van der Waals surface area contributed by atoms with E-state index in [2.05, 4.69) is 10.2 Å². The van der Waals surface area contributed by atoms with Crippen LogP contribution in [-0.4, -0.2) is 35.0 Å². The third-order valence-electron chi connectivity index (χ3n) is 6.02. The van der Waals surface area contributed by atoms with Crippen molar-refractivity contribution in [1.82, 2.24) is 4.90 Å². The first-order chi connectivity index (χ1) is 13.1. The van der Waals surface area contributed by atoms with Gasteiger partial charge in [-0.2, -0.15) is 0 Å². The van der Waals surface area contributed by atoms with Gasteiger partial charge in [0.05, 0.1) is 5.41 Å². The van der Waals surface area contributed by atoms with E-state index in [4.69, 9.17) is 0 Å². The van der Waals surface area contributed by atoms with Gasteiger partial charge in [0.2, 0.25) is 0 Å². The maximum atomic E-state index is 12.3. The number of hydrogen-bond acceptors (Lipinski definition) is 3. The lowest BCUT2D eigenvalue weighted by Crippen LogP contribution is -2.35. The first kappa shape index (κ1) is 17.7. The van der Waals surface area contributed by atoms with Crippen LogP contribution in [0, 0.1) is 11.3 Å². The molecule has 140 valence electrons. The molecule has 5 heteroatoms. The molecular weight excluding hydrogens is 340 g/mol. The summed E-state index contributed by atoms with van der Waals surface area (Å²) in [5.74, 6) is -0.500. The maximum absolute atomic E-state index is 12.3. The molecule has 0 bridgehead atoms. The normalized spacial score (nSPS) is 24.5. The number of anilines is 1. The van der Waals surface area contributed by atoms with E-state index in [0.717, 1.165) is 43.6 Å². The van der Waals surface area contributed by atoms with Crippen LogP contribution in [0.3, 0.4) is 0 Å². The highest BCUT2D eigenvalue weighted by Gasteiger charge is 2.54. The smallest absolute Gasteiger partial charge is 0.311 e. The summed E-state index contributed by atoms with van der Waals surface area (Å²) < 4.78 is 0. The summed E-state index contributed by atoms with van der Waals surface area (Å²) in [5, 5.41) is 12.6. The van der Waals surface area contributed by atoms with Crippen molar-refractivity contribution in [3.8, 4) is 0 Å². The van der Waals surface area contributed by atoms with Gasteiger partial charge in [-0.1, -0.05) is 36.8 Å². The minimum Gasteiger partial charge on any atom is -0.481 e. The fourth-order valence-corrected chi connectivity index (χ4v) is 4.61. The van der Waals surface area contributed by atoms with Crippen molar-refractivity contribution >= 4 is 17.6 Å². The zero-order chi connectivity index (χ0) is 18.9. The maximum Gasteiger partial charge on any atom is 0.311 e. The van der Waals surface area contributed by atoms with Crippen molar-refractivity contribution < 1.29 is 14.7 Å². The molecule has 0 spiro atoms. The van der Waals surface area contributed by atoms with Crippen LogP contribution in [0.15, 0.2) is 54.6 Å². The number of carboxylic acid groups (broad SMARTS) is 1. The van der Waals surface area contributed by atoms with Crippen molar-refractivity contribution in [3.63, 3.8) is 0 Å². The van der Waals surface area contributed by atoms with E-state index in [-0.39, 0.29) is 11.8 Å². The molecule has 1 saturated heterocycles. The Bertz CT molecular complexity index is 834. The van der Waals surface area contributed by atoms with Crippen molar-refractivity contribution in [3.05, 3.63) is 65.7 Å². The lowest BCUT2D eigenvalue weighted by atomic mass is 9.81. The van der Waals surface area contributed by atoms with E-state index in [0.29, 0.717) is 12.1 Å². The number of benzene rings is 2. The molecule has 1 heterocycles. The number of para-hydroxylation sites is 1. The van der Waals surface area contributed by atoms with Crippen LogP contribution in [0.1, 0.15) is 35.2 Å². The highest BCUT2D eigenvalue weighted by atomic mass is 16.4. The van der Waals surface area contributed by atoms with Gasteiger partial charge < -0.3 is 10.4 Å². The zero-order valence-electron chi connectivity index (χ0n) is 15.2. The number of nitrogens with one attached hydrogen (secondary N) is 1. The summed E-state index contributed by atoms with van der Waals surface area (Å²) >= 11 is 0. The summed E-state index contributed by atoms with van der Waals surface area (Å²) in [4.78, 5) is 26.4. The Balaban J connectivity index is 1.39. The van der Waals surface area contributed by atoms with Crippen LogP contribution in [0.4, 0.5) is 5.69 Å². The topological polar surface area (TPSA) is 69.6 Å². The Labute approximate surface area is 159 Å². The van der Waals surface area contributed by atoms with E-state index >= 15 is 0 Å². The Kier molecular flexibility index (Phi) is 4.70. The van der Waals surface area contributed by atoms with Crippen molar-refractivity contribution in [1.29, 1.82) is 0 Å². The lowest BCUT2D eigenvalue weighted by Gasteiger charge is -2.23.